The molecule has 2 fully saturated rings. The minimum atomic E-state index is -0.190. The number of rotatable bonds is 3. The summed E-state index contributed by atoms with van der Waals surface area (Å²) in [6, 6.07) is 4.10. The van der Waals surface area contributed by atoms with Gasteiger partial charge in [-0.05, 0) is 68.7 Å². The van der Waals surface area contributed by atoms with Crippen LogP contribution in [0.4, 0.5) is 0 Å². The molecule has 1 saturated carbocycles. The second kappa shape index (κ2) is 7.00. The lowest BCUT2D eigenvalue weighted by Gasteiger charge is -2.33. The van der Waals surface area contributed by atoms with Crippen LogP contribution in [0.2, 0.25) is 10.0 Å². The Morgan fingerprint density at radius 1 is 1.13 bits per heavy atom. The minimum Gasteiger partial charge on any atom is -0.393 e. The largest absolute Gasteiger partial charge is 0.393 e. The molecule has 1 amide bonds. The normalized spacial score (nSPS) is 28.4. The maximum atomic E-state index is 12.8. The molecule has 1 aliphatic carbocycles. The number of benzene rings is 1. The van der Waals surface area contributed by atoms with Crippen molar-refractivity contribution in [1.29, 1.82) is 0 Å². The smallest absolute Gasteiger partial charge is 0.226 e. The molecule has 0 radical (unpaired) electrons. The fourth-order valence-electron chi connectivity index (χ4n) is 3.86. The summed E-state index contributed by atoms with van der Waals surface area (Å²) in [5.74, 6) is 0.193. The van der Waals surface area contributed by atoms with Gasteiger partial charge in [0.2, 0.25) is 5.91 Å². The lowest BCUT2D eigenvalue weighted by molar-refractivity contribution is -0.133. The summed E-state index contributed by atoms with van der Waals surface area (Å²) in [4.78, 5) is 14.8. The van der Waals surface area contributed by atoms with Gasteiger partial charge < -0.3 is 10.0 Å². The number of likely N-dealkylation sites (tertiary alicyclic amines) is 1. The Hall–Kier alpha value is -0.770. The quantitative estimate of drug-likeness (QED) is 0.890. The topological polar surface area (TPSA) is 40.5 Å². The summed E-state index contributed by atoms with van der Waals surface area (Å²) in [7, 11) is 0. The summed E-state index contributed by atoms with van der Waals surface area (Å²) in [6.07, 6.45) is 4.70. The van der Waals surface area contributed by atoms with Gasteiger partial charge in [-0.15, -0.1) is 0 Å². The highest BCUT2D eigenvalue weighted by atomic mass is 35.5. The predicted octanol–water partition coefficient (Wildman–Crippen LogP) is 4.00. The van der Waals surface area contributed by atoms with Crippen molar-refractivity contribution in [2.45, 2.75) is 57.6 Å². The van der Waals surface area contributed by atoms with E-state index in [-0.39, 0.29) is 17.9 Å². The Morgan fingerprint density at radius 2 is 1.74 bits per heavy atom. The van der Waals surface area contributed by atoms with E-state index in [1.54, 1.807) is 0 Å². The molecule has 1 N–H and O–H groups in total. The van der Waals surface area contributed by atoms with Gasteiger partial charge in [0.25, 0.3) is 0 Å². The molecule has 0 bridgehead atoms. The van der Waals surface area contributed by atoms with Gasteiger partial charge in [0.05, 0.1) is 6.10 Å². The number of carbonyl (C=O) groups excluding carboxylic acids is 1. The number of hydrogen-bond donors (Lipinski definition) is 1. The molecule has 3 rings (SSSR count). The van der Waals surface area contributed by atoms with E-state index in [1.165, 1.54) is 0 Å². The van der Waals surface area contributed by atoms with Crippen molar-refractivity contribution >= 4 is 29.1 Å². The Kier molecular flexibility index (Phi) is 5.19. The summed E-state index contributed by atoms with van der Waals surface area (Å²) in [5, 5.41) is 10.9. The van der Waals surface area contributed by atoms with Gasteiger partial charge in [-0.25, -0.2) is 0 Å². The third kappa shape index (κ3) is 3.67. The highest BCUT2D eigenvalue weighted by Crippen LogP contribution is 2.34. The third-order valence-corrected chi connectivity index (χ3v) is 5.87. The van der Waals surface area contributed by atoms with Gasteiger partial charge in [-0.1, -0.05) is 23.2 Å². The first kappa shape index (κ1) is 17.1. The van der Waals surface area contributed by atoms with E-state index in [1.807, 2.05) is 24.0 Å². The fraction of sp³-hybridized carbons (Fsp3) is 0.611. The summed E-state index contributed by atoms with van der Waals surface area (Å²) < 4.78 is 0. The monoisotopic (exact) mass is 355 g/mol. The molecule has 1 aromatic carbocycles. The van der Waals surface area contributed by atoms with Crippen LogP contribution < -0.4 is 0 Å². The van der Waals surface area contributed by atoms with Crippen LogP contribution in [0.1, 0.15) is 43.2 Å². The molecule has 23 heavy (non-hydrogen) atoms. The number of amides is 1. The Labute approximate surface area is 147 Å². The van der Waals surface area contributed by atoms with Crippen LogP contribution in [-0.2, 0) is 11.2 Å². The second-order valence-corrected chi connectivity index (χ2v) is 7.71. The summed E-state index contributed by atoms with van der Waals surface area (Å²) in [6.45, 7) is 2.77. The van der Waals surface area contributed by atoms with Gasteiger partial charge in [0.15, 0.2) is 0 Å². The molecular weight excluding hydrogens is 333 g/mol. The van der Waals surface area contributed by atoms with Crippen LogP contribution in [-0.4, -0.2) is 34.6 Å². The predicted molar refractivity (Wildman–Crippen MR) is 93.0 cm³/mol. The van der Waals surface area contributed by atoms with E-state index in [0.717, 1.165) is 49.8 Å². The first-order valence-corrected chi connectivity index (χ1v) is 9.14. The van der Waals surface area contributed by atoms with Crippen molar-refractivity contribution in [3.05, 3.63) is 33.3 Å². The average Bonchev–Trinajstić information content (AvgIpc) is 2.85. The van der Waals surface area contributed by atoms with E-state index < -0.39 is 0 Å². The SMILES string of the molecule is Cc1cc(Cl)c(CC2CCN(C3CCC(O)CC3)C2=O)c(Cl)c1. The number of aliphatic hydroxyl groups is 1. The van der Waals surface area contributed by atoms with Crippen molar-refractivity contribution in [1.82, 2.24) is 4.90 Å². The fourth-order valence-corrected chi connectivity index (χ4v) is 4.61. The standard InChI is InChI=1S/C18H23Cl2NO2/c1-11-8-16(19)15(17(20)9-11)10-12-6-7-21(18(12)23)13-2-4-14(22)5-3-13/h8-9,12-14,22H,2-7,10H2,1H3. The molecule has 0 aromatic heterocycles. The van der Waals surface area contributed by atoms with Gasteiger partial charge in [-0.3, -0.25) is 4.79 Å². The Balaban J connectivity index is 1.68. The molecule has 1 unspecified atom stereocenters. The first-order valence-electron chi connectivity index (χ1n) is 8.38. The highest BCUT2D eigenvalue weighted by molar-refractivity contribution is 6.36. The van der Waals surface area contributed by atoms with Gasteiger partial charge >= 0.3 is 0 Å². The molecule has 5 heteroatoms. The lowest BCUT2D eigenvalue weighted by Crippen LogP contribution is -2.41. The van der Waals surface area contributed by atoms with Crippen molar-refractivity contribution in [3.8, 4) is 0 Å². The van der Waals surface area contributed by atoms with Gasteiger partial charge in [0.1, 0.15) is 0 Å². The van der Waals surface area contributed by atoms with Crippen LogP contribution in [0, 0.1) is 12.8 Å². The molecule has 1 saturated heterocycles. The Morgan fingerprint density at radius 3 is 2.35 bits per heavy atom. The van der Waals surface area contributed by atoms with E-state index in [0.29, 0.717) is 22.5 Å². The van der Waals surface area contributed by atoms with Crippen LogP contribution in [0.15, 0.2) is 12.1 Å². The molecule has 126 valence electrons. The van der Waals surface area contributed by atoms with Crippen LogP contribution in [0.5, 0.6) is 0 Å². The molecule has 1 atom stereocenters. The lowest BCUT2D eigenvalue weighted by atomic mass is 9.92. The highest BCUT2D eigenvalue weighted by Gasteiger charge is 2.37. The molecule has 0 spiro atoms. The van der Waals surface area contributed by atoms with Crippen molar-refractivity contribution < 1.29 is 9.90 Å². The summed E-state index contributed by atoms with van der Waals surface area (Å²) >= 11 is 12.6. The number of aliphatic hydroxyl groups excluding tert-OH is 1. The maximum absolute atomic E-state index is 12.8. The van der Waals surface area contributed by atoms with Crippen molar-refractivity contribution in [3.63, 3.8) is 0 Å². The number of hydrogen-bond acceptors (Lipinski definition) is 2. The number of halogens is 2. The Bertz CT molecular complexity index is 574. The molecule has 1 aromatic rings. The van der Waals surface area contributed by atoms with Gasteiger partial charge in [0, 0.05) is 28.5 Å². The molecule has 1 aliphatic heterocycles. The zero-order valence-electron chi connectivity index (χ0n) is 13.4. The van der Waals surface area contributed by atoms with E-state index in [9.17, 15) is 9.90 Å². The van der Waals surface area contributed by atoms with E-state index >= 15 is 0 Å². The number of nitrogens with zero attached hydrogens (tertiary/aromatic N) is 1. The van der Waals surface area contributed by atoms with Gasteiger partial charge in [-0.2, -0.15) is 0 Å². The van der Waals surface area contributed by atoms with Crippen LogP contribution >= 0.6 is 23.2 Å². The maximum Gasteiger partial charge on any atom is 0.226 e. The number of carbonyl (C=O) groups is 1. The summed E-state index contributed by atoms with van der Waals surface area (Å²) in [5.41, 5.74) is 1.92. The molecular formula is C18H23Cl2NO2. The van der Waals surface area contributed by atoms with Crippen LogP contribution in [0.3, 0.4) is 0 Å². The van der Waals surface area contributed by atoms with E-state index in [2.05, 4.69) is 0 Å². The van der Waals surface area contributed by atoms with Crippen molar-refractivity contribution in [2.75, 3.05) is 6.54 Å². The average molecular weight is 356 g/mol. The zero-order chi connectivity index (χ0) is 16.6. The second-order valence-electron chi connectivity index (χ2n) is 6.89. The third-order valence-electron chi connectivity index (χ3n) is 5.19. The molecule has 1 heterocycles. The van der Waals surface area contributed by atoms with Crippen molar-refractivity contribution in [2.24, 2.45) is 5.92 Å². The minimum absolute atomic E-state index is 0.0282. The number of aryl methyl sites for hydroxylation is 1. The zero-order valence-corrected chi connectivity index (χ0v) is 14.9. The first-order chi connectivity index (χ1) is 11.0. The van der Waals surface area contributed by atoms with Crippen LogP contribution in [0.25, 0.3) is 0 Å². The molecule has 2 aliphatic rings. The molecule has 3 nitrogen and oxygen atoms in total. The van der Waals surface area contributed by atoms with E-state index in [4.69, 9.17) is 23.2 Å².